The van der Waals surface area contributed by atoms with E-state index in [4.69, 9.17) is 0 Å². The number of hydrogen-bond donors (Lipinski definition) is 0. The van der Waals surface area contributed by atoms with Gasteiger partial charge in [0.05, 0.1) is 0 Å². The predicted molar refractivity (Wildman–Crippen MR) is 70.6 cm³/mol. The molecule has 18 heavy (non-hydrogen) atoms. The topological polar surface area (TPSA) is 30.0 Å². The average Bonchev–Trinajstić information content (AvgIpc) is 2.82. The molecule has 1 aliphatic carbocycles. The molecule has 2 aromatic rings. The van der Waals surface area contributed by atoms with Gasteiger partial charge in [0.25, 0.3) is 0 Å². The summed E-state index contributed by atoms with van der Waals surface area (Å²) >= 11 is 0. The third-order valence-corrected chi connectivity index (χ3v) is 3.62. The molecule has 1 aromatic carbocycles. The van der Waals surface area contributed by atoms with Gasteiger partial charge in [-0.2, -0.15) is 0 Å². The lowest BCUT2D eigenvalue weighted by atomic mass is 9.96. The Morgan fingerprint density at radius 2 is 1.78 bits per heavy atom. The van der Waals surface area contributed by atoms with Crippen molar-refractivity contribution in [2.75, 3.05) is 0 Å². The van der Waals surface area contributed by atoms with Crippen molar-refractivity contribution >= 4 is 5.78 Å². The Balaban J connectivity index is 1.82. The Kier molecular flexibility index (Phi) is 2.71. The molecule has 1 aliphatic rings. The Morgan fingerprint density at radius 3 is 2.33 bits per heavy atom. The van der Waals surface area contributed by atoms with Crippen LogP contribution in [0.1, 0.15) is 27.2 Å². The highest BCUT2D eigenvalue weighted by Gasteiger charge is 2.27. The number of pyridine rings is 1. The summed E-state index contributed by atoms with van der Waals surface area (Å²) in [7, 11) is 0. The first-order valence-corrected chi connectivity index (χ1v) is 6.27. The molecule has 2 heteroatoms. The molecular formula is C16H15NO. The van der Waals surface area contributed by atoms with E-state index < -0.39 is 0 Å². The molecule has 0 fully saturated rings. The Labute approximate surface area is 107 Å². The Hall–Kier alpha value is -1.96. The minimum Gasteiger partial charge on any atom is -0.294 e. The van der Waals surface area contributed by atoms with E-state index in [1.54, 1.807) is 6.20 Å². The largest absolute Gasteiger partial charge is 0.294 e. The molecular weight excluding hydrogens is 222 g/mol. The number of aryl methyl sites for hydroxylation is 1. The van der Waals surface area contributed by atoms with Crippen LogP contribution in [0.3, 0.4) is 0 Å². The number of rotatable bonds is 2. The quantitative estimate of drug-likeness (QED) is 0.751. The lowest BCUT2D eigenvalue weighted by Crippen LogP contribution is -2.15. The highest BCUT2D eigenvalue weighted by molar-refractivity contribution is 5.98. The molecule has 0 amide bonds. The van der Waals surface area contributed by atoms with E-state index in [9.17, 15) is 4.79 Å². The van der Waals surface area contributed by atoms with Gasteiger partial charge in [0, 0.05) is 23.4 Å². The van der Waals surface area contributed by atoms with Crippen LogP contribution >= 0.6 is 0 Å². The van der Waals surface area contributed by atoms with Crippen molar-refractivity contribution in [3.63, 3.8) is 0 Å². The summed E-state index contributed by atoms with van der Waals surface area (Å²) in [5.74, 6) is 0.311. The molecule has 1 heterocycles. The van der Waals surface area contributed by atoms with E-state index in [-0.39, 0.29) is 11.7 Å². The van der Waals surface area contributed by atoms with Crippen LogP contribution in [0.15, 0.2) is 42.6 Å². The molecule has 0 atom stereocenters. The number of hydrogen-bond acceptors (Lipinski definition) is 2. The van der Waals surface area contributed by atoms with Gasteiger partial charge in [0.2, 0.25) is 0 Å². The van der Waals surface area contributed by atoms with Crippen molar-refractivity contribution in [2.45, 2.75) is 19.8 Å². The normalized spacial score (nSPS) is 14.5. The van der Waals surface area contributed by atoms with E-state index in [0.29, 0.717) is 0 Å². The van der Waals surface area contributed by atoms with Gasteiger partial charge in [-0.25, -0.2) is 0 Å². The molecule has 2 nitrogen and oxygen atoms in total. The van der Waals surface area contributed by atoms with Gasteiger partial charge in [-0.15, -0.1) is 0 Å². The minimum atomic E-state index is 0.0897. The molecule has 0 saturated heterocycles. The molecule has 0 saturated carbocycles. The second-order valence-corrected chi connectivity index (χ2v) is 4.93. The van der Waals surface area contributed by atoms with Crippen LogP contribution in [0, 0.1) is 12.8 Å². The summed E-state index contributed by atoms with van der Waals surface area (Å²) in [5.41, 5.74) is 4.31. The maximum atomic E-state index is 12.4. The highest BCUT2D eigenvalue weighted by atomic mass is 16.1. The van der Waals surface area contributed by atoms with E-state index in [1.165, 1.54) is 11.1 Å². The molecule has 0 spiro atoms. The van der Waals surface area contributed by atoms with Gasteiger partial charge in [-0.1, -0.05) is 24.3 Å². The smallest absolute Gasteiger partial charge is 0.168 e. The van der Waals surface area contributed by atoms with Crippen LogP contribution in [0.2, 0.25) is 0 Å². The van der Waals surface area contributed by atoms with Crippen LogP contribution < -0.4 is 0 Å². The van der Waals surface area contributed by atoms with Crippen LogP contribution in [0.25, 0.3) is 0 Å². The first kappa shape index (κ1) is 11.1. The minimum absolute atomic E-state index is 0.0897. The van der Waals surface area contributed by atoms with E-state index in [2.05, 4.69) is 17.1 Å². The Bertz CT molecular complexity index is 561. The number of fused-ring (bicyclic) bond motifs is 1. The number of ketones is 1. The van der Waals surface area contributed by atoms with Crippen molar-refractivity contribution in [2.24, 2.45) is 5.92 Å². The van der Waals surface area contributed by atoms with Crippen LogP contribution in [0.4, 0.5) is 0 Å². The van der Waals surface area contributed by atoms with Crippen LogP contribution in [-0.4, -0.2) is 10.8 Å². The highest BCUT2D eigenvalue weighted by Crippen LogP contribution is 2.28. The van der Waals surface area contributed by atoms with Gasteiger partial charge >= 0.3 is 0 Å². The molecule has 3 rings (SSSR count). The molecule has 0 radical (unpaired) electrons. The molecule has 90 valence electrons. The molecule has 0 N–H and O–H groups in total. The molecule has 1 aromatic heterocycles. The van der Waals surface area contributed by atoms with Gasteiger partial charge in [-0.05, 0) is 43.0 Å². The average molecular weight is 237 g/mol. The van der Waals surface area contributed by atoms with Gasteiger partial charge in [0.1, 0.15) is 0 Å². The fourth-order valence-electron chi connectivity index (χ4n) is 2.59. The van der Waals surface area contributed by atoms with Crippen molar-refractivity contribution in [3.05, 3.63) is 65.0 Å². The zero-order chi connectivity index (χ0) is 12.5. The zero-order valence-electron chi connectivity index (χ0n) is 10.4. The van der Waals surface area contributed by atoms with Crippen LogP contribution in [-0.2, 0) is 12.8 Å². The summed E-state index contributed by atoms with van der Waals surface area (Å²) in [5, 5.41) is 0. The fourth-order valence-corrected chi connectivity index (χ4v) is 2.59. The molecule has 0 bridgehead atoms. The maximum Gasteiger partial charge on any atom is 0.168 e. The summed E-state index contributed by atoms with van der Waals surface area (Å²) in [6, 6.07) is 12.1. The fraction of sp³-hybridized carbons (Fsp3) is 0.250. The lowest BCUT2D eigenvalue weighted by molar-refractivity contribution is 0.0924. The SMILES string of the molecule is Cc1ccc(C(=O)C2Cc3ccccc3C2)cn1. The second kappa shape index (κ2) is 4.37. The number of nitrogens with zero attached hydrogens (tertiary/aromatic N) is 1. The van der Waals surface area contributed by atoms with Gasteiger partial charge in [-0.3, -0.25) is 9.78 Å². The first-order chi connectivity index (χ1) is 8.74. The van der Waals surface area contributed by atoms with Crippen molar-refractivity contribution in [1.82, 2.24) is 4.98 Å². The third kappa shape index (κ3) is 1.94. The second-order valence-electron chi connectivity index (χ2n) is 4.93. The molecule has 0 aliphatic heterocycles. The third-order valence-electron chi connectivity index (χ3n) is 3.62. The Morgan fingerprint density at radius 1 is 1.11 bits per heavy atom. The summed E-state index contributed by atoms with van der Waals surface area (Å²) in [6.07, 6.45) is 3.42. The van der Waals surface area contributed by atoms with E-state index in [1.807, 2.05) is 31.2 Å². The van der Waals surface area contributed by atoms with Crippen molar-refractivity contribution in [3.8, 4) is 0 Å². The summed E-state index contributed by atoms with van der Waals surface area (Å²) in [4.78, 5) is 16.6. The van der Waals surface area contributed by atoms with Gasteiger partial charge < -0.3 is 0 Å². The maximum absolute atomic E-state index is 12.4. The number of carbonyl (C=O) groups is 1. The first-order valence-electron chi connectivity index (χ1n) is 6.27. The number of Topliss-reactive ketones (excluding diaryl/α,β-unsaturated/α-hetero) is 1. The van der Waals surface area contributed by atoms with E-state index in [0.717, 1.165) is 24.1 Å². The predicted octanol–water partition coefficient (Wildman–Crippen LogP) is 2.99. The molecule has 0 unspecified atom stereocenters. The van der Waals surface area contributed by atoms with Gasteiger partial charge in [0.15, 0.2) is 5.78 Å². The standard InChI is InChI=1S/C16H15NO/c1-11-6-7-14(10-17-11)16(18)15-8-12-4-2-3-5-13(12)9-15/h2-7,10,15H,8-9H2,1H3. The zero-order valence-corrected chi connectivity index (χ0v) is 10.4. The van der Waals surface area contributed by atoms with E-state index >= 15 is 0 Å². The van der Waals surface area contributed by atoms with Crippen LogP contribution in [0.5, 0.6) is 0 Å². The van der Waals surface area contributed by atoms with Crippen molar-refractivity contribution < 1.29 is 4.79 Å². The summed E-state index contributed by atoms with van der Waals surface area (Å²) in [6.45, 7) is 1.93. The lowest BCUT2D eigenvalue weighted by Gasteiger charge is -2.07. The summed E-state index contributed by atoms with van der Waals surface area (Å²) < 4.78 is 0. The monoisotopic (exact) mass is 237 g/mol. The number of carbonyl (C=O) groups excluding carboxylic acids is 1. The number of aromatic nitrogens is 1. The van der Waals surface area contributed by atoms with Crippen molar-refractivity contribution in [1.29, 1.82) is 0 Å². The number of benzene rings is 1.